The Morgan fingerprint density at radius 2 is 2.08 bits per heavy atom. The maximum Gasteiger partial charge on any atom is 0.264 e. The SMILES string of the molecule is CS(=O)(=O)c1ccc2nc(NC(=O)COc3ccc(Cl)cc3Br)sc2c1. The Kier molecular flexibility index (Phi) is 5.52. The number of anilines is 1. The lowest BCUT2D eigenvalue weighted by atomic mass is 10.3. The number of benzene rings is 2. The number of carbonyl (C=O) groups is 1. The van der Waals surface area contributed by atoms with Gasteiger partial charge in [-0.25, -0.2) is 13.4 Å². The predicted octanol–water partition coefficient (Wildman–Crippen LogP) is 4.13. The van der Waals surface area contributed by atoms with Crippen LogP contribution in [0.25, 0.3) is 10.2 Å². The molecule has 1 amide bonds. The van der Waals surface area contributed by atoms with E-state index in [1.54, 1.807) is 30.3 Å². The second-order valence-corrected chi connectivity index (χ2v) is 9.67. The third-order valence-corrected chi connectivity index (χ3v) is 6.19. The van der Waals surface area contributed by atoms with E-state index in [0.29, 0.717) is 30.6 Å². The molecule has 1 N–H and O–H groups in total. The molecular weight excluding hydrogens is 464 g/mol. The van der Waals surface area contributed by atoms with E-state index in [1.807, 2.05) is 0 Å². The molecule has 0 fully saturated rings. The Balaban J connectivity index is 1.69. The summed E-state index contributed by atoms with van der Waals surface area (Å²) in [4.78, 5) is 16.5. The van der Waals surface area contributed by atoms with Crippen molar-refractivity contribution in [3.8, 4) is 5.75 Å². The lowest BCUT2D eigenvalue weighted by Crippen LogP contribution is -2.20. The van der Waals surface area contributed by atoms with Crippen molar-refractivity contribution in [3.05, 3.63) is 45.9 Å². The molecule has 3 rings (SSSR count). The van der Waals surface area contributed by atoms with Gasteiger partial charge in [0.15, 0.2) is 21.6 Å². The molecule has 6 nitrogen and oxygen atoms in total. The van der Waals surface area contributed by atoms with Crippen molar-refractivity contribution < 1.29 is 17.9 Å². The molecule has 0 spiro atoms. The first-order chi connectivity index (χ1) is 12.2. The average molecular weight is 476 g/mol. The van der Waals surface area contributed by atoms with Crippen molar-refractivity contribution in [1.82, 2.24) is 4.98 Å². The fraction of sp³-hybridized carbons (Fsp3) is 0.125. The number of nitrogens with zero attached hydrogens (tertiary/aromatic N) is 1. The molecule has 1 aromatic heterocycles. The molecule has 0 unspecified atom stereocenters. The van der Waals surface area contributed by atoms with Gasteiger partial charge < -0.3 is 4.74 Å². The fourth-order valence-corrected chi connectivity index (χ4v) is 4.52. The number of rotatable bonds is 5. The number of thiazole rings is 1. The van der Waals surface area contributed by atoms with Crippen molar-refractivity contribution in [3.63, 3.8) is 0 Å². The van der Waals surface area contributed by atoms with Crippen LogP contribution in [0.3, 0.4) is 0 Å². The maximum absolute atomic E-state index is 12.1. The Labute approximate surface area is 167 Å². The first-order valence-corrected chi connectivity index (χ1v) is 11.1. The molecule has 0 radical (unpaired) electrons. The molecule has 10 heteroatoms. The first-order valence-electron chi connectivity index (χ1n) is 7.21. The van der Waals surface area contributed by atoms with Gasteiger partial charge >= 0.3 is 0 Å². The Hall–Kier alpha value is -1.68. The Morgan fingerprint density at radius 1 is 1.31 bits per heavy atom. The summed E-state index contributed by atoms with van der Waals surface area (Å²) in [6.07, 6.45) is 1.14. The van der Waals surface area contributed by atoms with E-state index in [1.165, 1.54) is 17.4 Å². The molecule has 0 aliphatic heterocycles. The van der Waals surface area contributed by atoms with Crippen LogP contribution in [0.5, 0.6) is 5.75 Å². The van der Waals surface area contributed by atoms with Crippen LogP contribution in [0.4, 0.5) is 5.13 Å². The van der Waals surface area contributed by atoms with Crippen LogP contribution >= 0.6 is 38.9 Å². The second-order valence-electron chi connectivity index (χ2n) is 5.33. The van der Waals surface area contributed by atoms with Crippen LogP contribution in [0.1, 0.15) is 0 Å². The quantitative estimate of drug-likeness (QED) is 0.599. The molecule has 1 heterocycles. The number of amides is 1. The van der Waals surface area contributed by atoms with Crippen LogP contribution in [0, 0.1) is 0 Å². The molecule has 0 saturated carbocycles. The molecule has 0 aliphatic rings. The van der Waals surface area contributed by atoms with Gasteiger partial charge in [0.2, 0.25) is 0 Å². The van der Waals surface area contributed by atoms with Crippen molar-refractivity contribution in [1.29, 1.82) is 0 Å². The highest BCUT2D eigenvalue weighted by Crippen LogP contribution is 2.29. The standard InChI is InChI=1S/C16H12BrClN2O4S2/c1-26(22,23)10-3-4-12-14(7-10)25-16(19-12)20-15(21)8-24-13-5-2-9(18)6-11(13)17/h2-7H,8H2,1H3,(H,19,20,21). The summed E-state index contributed by atoms with van der Waals surface area (Å²) in [5, 5.41) is 3.57. The van der Waals surface area contributed by atoms with Gasteiger partial charge in [-0.1, -0.05) is 22.9 Å². The number of halogens is 2. The average Bonchev–Trinajstić information content (AvgIpc) is 2.94. The smallest absolute Gasteiger partial charge is 0.264 e. The van der Waals surface area contributed by atoms with Crippen LogP contribution in [-0.2, 0) is 14.6 Å². The van der Waals surface area contributed by atoms with Crippen LogP contribution in [0.15, 0.2) is 45.8 Å². The summed E-state index contributed by atoms with van der Waals surface area (Å²) < 4.78 is 30.0. The molecule has 0 bridgehead atoms. The van der Waals surface area contributed by atoms with Gasteiger partial charge in [-0.15, -0.1) is 0 Å². The van der Waals surface area contributed by atoms with E-state index in [-0.39, 0.29) is 17.4 Å². The topological polar surface area (TPSA) is 85.4 Å². The van der Waals surface area contributed by atoms with Crippen molar-refractivity contribution in [2.24, 2.45) is 0 Å². The normalized spacial score (nSPS) is 11.5. The minimum Gasteiger partial charge on any atom is -0.483 e. The first kappa shape index (κ1) is 19.1. The highest BCUT2D eigenvalue weighted by Gasteiger charge is 2.13. The highest BCUT2D eigenvalue weighted by atomic mass is 79.9. The van der Waals surface area contributed by atoms with E-state index in [0.717, 1.165) is 6.26 Å². The van der Waals surface area contributed by atoms with Crippen LogP contribution in [-0.4, -0.2) is 32.2 Å². The van der Waals surface area contributed by atoms with Crippen molar-refractivity contribution >= 4 is 70.0 Å². The van der Waals surface area contributed by atoms with Gasteiger partial charge in [0.05, 0.1) is 19.6 Å². The number of hydrogen-bond donors (Lipinski definition) is 1. The molecule has 3 aromatic rings. The van der Waals surface area contributed by atoms with Gasteiger partial charge in [-0.2, -0.15) is 0 Å². The lowest BCUT2D eigenvalue weighted by molar-refractivity contribution is -0.118. The molecule has 0 aliphatic carbocycles. The van der Waals surface area contributed by atoms with Gasteiger partial charge in [0, 0.05) is 11.3 Å². The minimum absolute atomic E-state index is 0.204. The minimum atomic E-state index is -3.30. The summed E-state index contributed by atoms with van der Waals surface area (Å²) in [6, 6.07) is 9.63. The predicted molar refractivity (Wildman–Crippen MR) is 106 cm³/mol. The van der Waals surface area contributed by atoms with Crippen LogP contribution < -0.4 is 10.1 Å². The molecule has 0 atom stereocenters. The summed E-state index contributed by atoms with van der Waals surface area (Å²) in [5.74, 6) is 0.112. The Morgan fingerprint density at radius 3 is 2.77 bits per heavy atom. The second kappa shape index (κ2) is 7.51. The number of nitrogens with one attached hydrogen (secondary N) is 1. The number of carbonyl (C=O) groups excluding carboxylic acids is 1. The van der Waals surface area contributed by atoms with Gasteiger partial charge in [0.1, 0.15) is 5.75 Å². The maximum atomic E-state index is 12.1. The summed E-state index contributed by atoms with van der Waals surface area (Å²) in [6.45, 7) is -0.204. The van der Waals surface area contributed by atoms with Crippen molar-refractivity contribution in [2.45, 2.75) is 4.90 Å². The largest absolute Gasteiger partial charge is 0.483 e. The van der Waals surface area contributed by atoms with E-state index in [4.69, 9.17) is 16.3 Å². The molecule has 0 saturated heterocycles. The number of aromatic nitrogens is 1. The molecule has 2 aromatic carbocycles. The van der Waals surface area contributed by atoms with E-state index in [9.17, 15) is 13.2 Å². The van der Waals surface area contributed by atoms with Gasteiger partial charge in [-0.05, 0) is 52.3 Å². The van der Waals surface area contributed by atoms with Gasteiger partial charge in [0.25, 0.3) is 5.91 Å². The number of ether oxygens (including phenoxy) is 1. The van der Waals surface area contributed by atoms with Crippen molar-refractivity contribution in [2.75, 3.05) is 18.2 Å². The zero-order chi connectivity index (χ0) is 18.9. The van der Waals surface area contributed by atoms with E-state index in [2.05, 4.69) is 26.2 Å². The molecular formula is C16H12BrClN2O4S2. The molecule has 136 valence electrons. The third kappa shape index (κ3) is 4.53. The zero-order valence-electron chi connectivity index (χ0n) is 13.3. The van der Waals surface area contributed by atoms with Gasteiger partial charge in [-0.3, -0.25) is 10.1 Å². The highest BCUT2D eigenvalue weighted by molar-refractivity contribution is 9.10. The van der Waals surface area contributed by atoms with E-state index < -0.39 is 9.84 Å². The van der Waals surface area contributed by atoms with E-state index >= 15 is 0 Å². The zero-order valence-corrected chi connectivity index (χ0v) is 17.3. The number of hydrogen-bond acceptors (Lipinski definition) is 6. The third-order valence-electron chi connectivity index (χ3n) is 3.29. The fourth-order valence-electron chi connectivity index (χ4n) is 2.08. The monoisotopic (exact) mass is 474 g/mol. The molecule has 26 heavy (non-hydrogen) atoms. The summed E-state index contributed by atoms with van der Waals surface area (Å²) in [7, 11) is -3.30. The number of sulfone groups is 1. The number of fused-ring (bicyclic) bond motifs is 1. The lowest BCUT2D eigenvalue weighted by Gasteiger charge is -2.07. The Bertz CT molecular complexity index is 1100. The summed E-state index contributed by atoms with van der Waals surface area (Å²) in [5.41, 5.74) is 0.610. The summed E-state index contributed by atoms with van der Waals surface area (Å²) >= 11 is 10.4. The van der Waals surface area contributed by atoms with Crippen LogP contribution in [0.2, 0.25) is 5.02 Å².